The van der Waals surface area contributed by atoms with Crippen molar-refractivity contribution in [2.75, 3.05) is 24.3 Å². The number of hydrogen-bond acceptors (Lipinski definition) is 4. The number of fused-ring (bicyclic) bond motifs is 2. The molecule has 162 valence electrons. The van der Waals surface area contributed by atoms with Gasteiger partial charge in [0.1, 0.15) is 5.75 Å². The number of hydrogen-bond donors (Lipinski definition) is 0. The molecule has 2 fully saturated rings. The van der Waals surface area contributed by atoms with Crippen molar-refractivity contribution in [2.45, 2.75) is 44.0 Å². The normalized spacial score (nSPS) is 23.1. The minimum Gasteiger partial charge on any atom is -0.497 e. The number of rotatable bonds is 4. The van der Waals surface area contributed by atoms with Gasteiger partial charge in [-0.3, -0.25) is 9.59 Å². The quantitative estimate of drug-likeness (QED) is 0.710. The maximum absolute atomic E-state index is 14.1. The highest BCUT2D eigenvalue weighted by atomic mass is 32.2. The molecule has 2 aromatic rings. The molecule has 2 aliphatic heterocycles. The van der Waals surface area contributed by atoms with Crippen molar-refractivity contribution in [3.63, 3.8) is 0 Å². The number of carbonyl (C=O) groups excluding carboxylic acids is 2. The van der Waals surface area contributed by atoms with Crippen LogP contribution in [0.15, 0.2) is 42.5 Å². The Morgan fingerprint density at radius 1 is 1.19 bits per heavy atom. The topological polar surface area (TPSA) is 49.9 Å². The summed E-state index contributed by atoms with van der Waals surface area (Å²) in [6.07, 6.45) is 4.06. The Hall–Kier alpha value is -2.47. The number of thioether (sulfide) groups is 1. The van der Waals surface area contributed by atoms with Crippen LogP contribution in [-0.4, -0.2) is 36.1 Å². The van der Waals surface area contributed by atoms with E-state index in [2.05, 4.69) is 19.1 Å². The molecule has 0 N–H and O–H groups in total. The van der Waals surface area contributed by atoms with Gasteiger partial charge in [-0.1, -0.05) is 37.1 Å². The van der Waals surface area contributed by atoms with Crippen LogP contribution in [-0.2, 0) is 21.0 Å². The molecule has 0 bridgehead atoms. The Labute approximate surface area is 187 Å². The van der Waals surface area contributed by atoms with Gasteiger partial charge in [0.15, 0.2) is 4.87 Å². The Bertz CT molecular complexity index is 1030. The van der Waals surface area contributed by atoms with Crippen molar-refractivity contribution in [2.24, 2.45) is 5.92 Å². The third-order valence-corrected chi connectivity index (χ3v) is 8.38. The van der Waals surface area contributed by atoms with E-state index < -0.39 is 4.87 Å². The second-order valence-corrected chi connectivity index (χ2v) is 9.95. The molecule has 5 rings (SSSR count). The van der Waals surface area contributed by atoms with Gasteiger partial charge >= 0.3 is 0 Å². The highest BCUT2D eigenvalue weighted by Crippen LogP contribution is 2.56. The molecule has 2 aromatic carbocycles. The molecule has 1 spiro atoms. The van der Waals surface area contributed by atoms with Gasteiger partial charge in [0.2, 0.25) is 5.91 Å². The summed E-state index contributed by atoms with van der Waals surface area (Å²) in [6, 6.07) is 14.0. The highest BCUT2D eigenvalue weighted by Gasteiger charge is 2.60. The van der Waals surface area contributed by atoms with Gasteiger partial charge in [-0.2, -0.15) is 0 Å². The van der Waals surface area contributed by atoms with Crippen molar-refractivity contribution in [1.29, 1.82) is 0 Å². The maximum Gasteiger partial charge on any atom is 0.268 e. The molecular weight excluding hydrogens is 408 g/mol. The van der Waals surface area contributed by atoms with Crippen LogP contribution in [0.5, 0.6) is 5.75 Å². The number of carbonyl (C=O) groups is 2. The van der Waals surface area contributed by atoms with Gasteiger partial charge in [-0.15, -0.1) is 11.8 Å². The predicted molar refractivity (Wildman–Crippen MR) is 123 cm³/mol. The van der Waals surface area contributed by atoms with Crippen molar-refractivity contribution in [3.8, 4) is 5.75 Å². The van der Waals surface area contributed by atoms with Crippen LogP contribution >= 0.6 is 11.8 Å². The molecule has 6 heteroatoms. The molecule has 1 atom stereocenters. The van der Waals surface area contributed by atoms with Crippen LogP contribution in [0.4, 0.5) is 5.69 Å². The van der Waals surface area contributed by atoms with Gasteiger partial charge in [0, 0.05) is 23.8 Å². The number of nitrogens with zero attached hydrogens (tertiary/aromatic N) is 2. The Balaban J connectivity index is 1.60. The van der Waals surface area contributed by atoms with E-state index in [0.29, 0.717) is 18.8 Å². The van der Waals surface area contributed by atoms with Crippen molar-refractivity contribution in [1.82, 2.24) is 4.90 Å². The summed E-state index contributed by atoms with van der Waals surface area (Å²) in [5.74, 6) is 1.65. The van der Waals surface area contributed by atoms with Crippen molar-refractivity contribution >= 4 is 29.3 Å². The van der Waals surface area contributed by atoms with Crippen LogP contribution in [0.25, 0.3) is 0 Å². The van der Waals surface area contributed by atoms with Crippen LogP contribution < -0.4 is 9.64 Å². The Morgan fingerprint density at radius 3 is 2.71 bits per heavy atom. The van der Waals surface area contributed by atoms with E-state index in [-0.39, 0.29) is 17.7 Å². The smallest absolute Gasteiger partial charge is 0.268 e. The molecule has 5 nitrogen and oxygen atoms in total. The lowest BCUT2D eigenvalue weighted by atomic mass is 10.0. The SMILES string of the molecule is COc1ccc2c(c1)[C@]1(SCCN1C(=O)C1CCCC1)C(=O)N2Cc1ccccc1C. The number of amides is 2. The first-order chi connectivity index (χ1) is 15.1. The fourth-order valence-electron chi connectivity index (χ4n) is 5.25. The maximum atomic E-state index is 14.1. The summed E-state index contributed by atoms with van der Waals surface area (Å²) in [6.45, 7) is 3.18. The first-order valence-corrected chi connectivity index (χ1v) is 12.1. The standard InChI is InChI=1S/C25H28N2O3S/c1-17-7-3-4-10-19(17)16-26-22-12-11-20(30-2)15-21(22)25(24(26)29)27(13-14-31-25)23(28)18-8-5-6-9-18/h3-4,7,10-12,15,18H,5-6,8-9,13-14,16H2,1-2H3/t25-/m0/s1. The van der Waals surface area contributed by atoms with Gasteiger partial charge < -0.3 is 14.5 Å². The summed E-state index contributed by atoms with van der Waals surface area (Å²) in [4.78, 5) is 30.4. The van der Waals surface area contributed by atoms with Gasteiger partial charge in [0.05, 0.1) is 19.3 Å². The molecule has 0 radical (unpaired) electrons. The first kappa shape index (κ1) is 20.4. The molecule has 0 aromatic heterocycles. The zero-order valence-corrected chi connectivity index (χ0v) is 18.9. The molecular formula is C25H28N2O3S. The monoisotopic (exact) mass is 436 g/mol. The average Bonchev–Trinajstić information content (AvgIpc) is 3.52. The molecule has 31 heavy (non-hydrogen) atoms. The van der Waals surface area contributed by atoms with Crippen molar-refractivity contribution in [3.05, 3.63) is 59.2 Å². The molecule has 3 aliphatic rings. The molecule has 1 saturated heterocycles. The molecule has 2 amide bonds. The molecule has 2 heterocycles. The Kier molecular flexibility index (Phi) is 5.21. The van der Waals surface area contributed by atoms with Crippen LogP contribution in [0.1, 0.15) is 42.4 Å². The Morgan fingerprint density at radius 2 is 1.97 bits per heavy atom. The fraction of sp³-hybridized carbons (Fsp3) is 0.440. The zero-order chi connectivity index (χ0) is 21.6. The van der Waals surface area contributed by atoms with E-state index >= 15 is 0 Å². The summed E-state index contributed by atoms with van der Waals surface area (Å²) in [5.41, 5.74) is 4.04. The summed E-state index contributed by atoms with van der Waals surface area (Å²) in [7, 11) is 1.64. The number of ether oxygens (including phenoxy) is 1. The number of anilines is 1. The van der Waals surface area contributed by atoms with Gasteiger partial charge in [-0.05, 0) is 49.1 Å². The lowest BCUT2D eigenvalue weighted by molar-refractivity contribution is -0.143. The van der Waals surface area contributed by atoms with Crippen molar-refractivity contribution < 1.29 is 14.3 Å². The largest absolute Gasteiger partial charge is 0.497 e. The van der Waals surface area contributed by atoms with Crippen LogP contribution in [0, 0.1) is 12.8 Å². The number of methoxy groups -OCH3 is 1. The van der Waals surface area contributed by atoms with E-state index in [1.165, 1.54) is 0 Å². The molecule has 1 aliphatic carbocycles. The van der Waals surface area contributed by atoms with Gasteiger partial charge in [0.25, 0.3) is 5.91 Å². The second kappa shape index (κ2) is 7.90. The van der Waals surface area contributed by atoms with E-state index in [1.807, 2.05) is 40.1 Å². The third-order valence-electron chi connectivity index (χ3n) is 6.96. The lowest BCUT2D eigenvalue weighted by Crippen LogP contribution is -2.51. The third kappa shape index (κ3) is 3.15. The molecule has 1 saturated carbocycles. The molecule has 0 unspecified atom stereocenters. The number of benzene rings is 2. The van der Waals surface area contributed by atoms with E-state index in [1.54, 1.807) is 18.9 Å². The minimum atomic E-state index is -0.980. The van der Waals surface area contributed by atoms with Crippen LogP contribution in [0.2, 0.25) is 0 Å². The number of aryl methyl sites for hydroxylation is 1. The van der Waals surface area contributed by atoms with Crippen LogP contribution in [0.3, 0.4) is 0 Å². The lowest BCUT2D eigenvalue weighted by Gasteiger charge is -2.35. The van der Waals surface area contributed by atoms with Gasteiger partial charge in [-0.25, -0.2) is 0 Å². The van der Waals surface area contributed by atoms with E-state index in [9.17, 15) is 9.59 Å². The predicted octanol–water partition coefficient (Wildman–Crippen LogP) is 4.47. The zero-order valence-electron chi connectivity index (χ0n) is 18.1. The summed E-state index contributed by atoms with van der Waals surface area (Å²) < 4.78 is 5.50. The minimum absolute atomic E-state index is 0.00662. The first-order valence-electron chi connectivity index (χ1n) is 11.1. The highest BCUT2D eigenvalue weighted by molar-refractivity contribution is 8.01. The summed E-state index contributed by atoms with van der Waals surface area (Å²) >= 11 is 1.59. The second-order valence-electron chi connectivity index (χ2n) is 8.66. The average molecular weight is 437 g/mol. The fourth-order valence-corrected chi connectivity index (χ4v) is 6.71. The van der Waals surface area contributed by atoms with E-state index in [4.69, 9.17) is 4.74 Å². The van der Waals surface area contributed by atoms with E-state index in [0.717, 1.165) is 53.8 Å². The summed E-state index contributed by atoms with van der Waals surface area (Å²) in [5, 5.41) is 0.